The van der Waals surface area contributed by atoms with Crippen LogP contribution in [0.3, 0.4) is 0 Å². The minimum Gasteiger partial charge on any atom is -0.466 e. The molecule has 1 N–H and O–H groups in total. The molecule has 158 valence electrons. The van der Waals surface area contributed by atoms with E-state index >= 15 is 0 Å². The molecule has 30 heavy (non-hydrogen) atoms. The van der Waals surface area contributed by atoms with Gasteiger partial charge in [-0.1, -0.05) is 29.8 Å². The van der Waals surface area contributed by atoms with Crippen LogP contribution in [0.1, 0.15) is 55.6 Å². The van der Waals surface area contributed by atoms with Crippen molar-refractivity contribution >= 4 is 22.9 Å². The van der Waals surface area contributed by atoms with Gasteiger partial charge in [0.2, 0.25) is 0 Å². The molecule has 0 bridgehead atoms. The van der Waals surface area contributed by atoms with Crippen molar-refractivity contribution in [2.24, 2.45) is 0 Å². The number of nitrogens with zero attached hydrogens (tertiary/aromatic N) is 3. The van der Waals surface area contributed by atoms with Crippen LogP contribution in [0.15, 0.2) is 36.5 Å². The number of aryl methyl sites for hydroxylation is 1. The number of carbonyl (C=O) groups excluding carboxylic acids is 2. The van der Waals surface area contributed by atoms with Gasteiger partial charge in [-0.3, -0.25) is 9.59 Å². The van der Waals surface area contributed by atoms with Crippen LogP contribution in [-0.2, 0) is 9.53 Å². The summed E-state index contributed by atoms with van der Waals surface area (Å²) < 4.78 is 6.74. The van der Waals surface area contributed by atoms with Crippen molar-refractivity contribution in [3.05, 3.63) is 47.7 Å². The Morgan fingerprint density at radius 3 is 2.60 bits per heavy atom. The van der Waals surface area contributed by atoms with Gasteiger partial charge in [0.1, 0.15) is 0 Å². The second kappa shape index (κ2) is 9.52. The van der Waals surface area contributed by atoms with E-state index in [1.165, 1.54) is 0 Å². The second-order valence-corrected chi connectivity index (χ2v) is 7.51. The van der Waals surface area contributed by atoms with Gasteiger partial charge < -0.3 is 10.1 Å². The lowest BCUT2D eigenvalue weighted by Crippen LogP contribution is -2.25. The van der Waals surface area contributed by atoms with Gasteiger partial charge in [-0.15, -0.1) is 0 Å². The second-order valence-electron chi connectivity index (χ2n) is 7.51. The summed E-state index contributed by atoms with van der Waals surface area (Å²) in [5.41, 5.74) is 4.03. The van der Waals surface area contributed by atoms with Crippen LogP contribution in [0.25, 0.3) is 22.3 Å². The topological polar surface area (TPSA) is 86.1 Å². The molecule has 3 aromatic rings. The molecule has 1 aromatic carbocycles. The first kappa shape index (κ1) is 21.5. The molecular weight excluding hydrogens is 380 g/mol. The van der Waals surface area contributed by atoms with Crippen LogP contribution in [0, 0.1) is 6.92 Å². The molecule has 0 atom stereocenters. The third kappa shape index (κ3) is 4.84. The van der Waals surface area contributed by atoms with Gasteiger partial charge in [0.15, 0.2) is 5.65 Å². The van der Waals surface area contributed by atoms with Crippen molar-refractivity contribution in [1.82, 2.24) is 20.1 Å². The lowest BCUT2D eigenvalue weighted by molar-refractivity contribution is -0.143. The van der Waals surface area contributed by atoms with Crippen molar-refractivity contribution in [3.8, 4) is 11.3 Å². The van der Waals surface area contributed by atoms with Crippen LogP contribution < -0.4 is 5.32 Å². The van der Waals surface area contributed by atoms with E-state index in [-0.39, 0.29) is 24.3 Å². The fraction of sp³-hybridized carbons (Fsp3) is 0.391. The molecule has 0 fully saturated rings. The van der Waals surface area contributed by atoms with E-state index in [1.807, 2.05) is 49.7 Å². The summed E-state index contributed by atoms with van der Waals surface area (Å²) >= 11 is 0. The SMILES string of the molecule is CCOC(=O)CCCNC(=O)c1cc(-c2ccc(C)cc2)nc2c1cnn2C(C)C. The van der Waals surface area contributed by atoms with E-state index in [0.717, 1.165) is 16.8 Å². The van der Waals surface area contributed by atoms with Crippen molar-refractivity contribution < 1.29 is 14.3 Å². The molecule has 2 heterocycles. The summed E-state index contributed by atoms with van der Waals surface area (Å²) in [7, 11) is 0. The number of benzene rings is 1. The van der Waals surface area contributed by atoms with Crippen LogP contribution in [0.5, 0.6) is 0 Å². The van der Waals surface area contributed by atoms with E-state index < -0.39 is 0 Å². The van der Waals surface area contributed by atoms with Gasteiger partial charge >= 0.3 is 5.97 Å². The number of hydrogen-bond donors (Lipinski definition) is 1. The Hall–Kier alpha value is -3.22. The van der Waals surface area contributed by atoms with Crippen molar-refractivity contribution in [3.63, 3.8) is 0 Å². The number of esters is 1. The number of ether oxygens (including phenoxy) is 1. The number of pyridine rings is 1. The average Bonchev–Trinajstić information content (AvgIpc) is 3.15. The van der Waals surface area contributed by atoms with Gasteiger partial charge in [-0.05, 0) is 40.2 Å². The molecule has 0 spiro atoms. The van der Waals surface area contributed by atoms with Gasteiger partial charge in [0.25, 0.3) is 5.91 Å². The molecule has 7 heteroatoms. The Morgan fingerprint density at radius 1 is 1.20 bits per heavy atom. The van der Waals surface area contributed by atoms with E-state index in [9.17, 15) is 9.59 Å². The maximum Gasteiger partial charge on any atom is 0.305 e. The van der Waals surface area contributed by atoms with Crippen molar-refractivity contribution in [2.75, 3.05) is 13.2 Å². The summed E-state index contributed by atoms with van der Waals surface area (Å²) in [4.78, 5) is 29.2. The zero-order valence-corrected chi connectivity index (χ0v) is 17.9. The third-order valence-corrected chi connectivity index (χ3v) is 4.80. The molecule has 0 saturated heterocycles. The number of fused-ring (bicyclic) bond motifs is 1. The molecule has 0 aliphatic rings. The first-order valence-corrected chi connectivity index (χ1v) is 10.3. The molecule has 2 aromatic heterocycles. The molecule has 0 saturated carbocycles. The minimum atomic E-state index is -0.252. The highest BCUT2D eigenvalue weighted by molar-refractivity contribution is 6.06. The first-order valence-electron chi connectivity index (χ1n) is 10.3. The summed E-state index contributed by atoms with van der Waals surface area (Å²) in [6.07, 6.45) is 2.49. The lowest BCUT2D eigenvalue weighted by atomic mass is 10.0. The van der Waals surface area contributed by atoms with Crippen molar-refractivity contribution in [1.29, 1.82) is 0 Å². The molecule has 3 rings (SSSR count). The molecule has 0 unspecified atom stereocenters. The fourth-order valence-corrected chi connectivity index (χ4v) is 3.22. The quantitative estimate of drug-likeness (QED) is 0.449. The highest BCUT2D eigenvalue weighted by Gasteiger charge is 2.18. The lowest BCUT2D eigenvalue weighted by Gasteiger charge is -2.11. The Balaban J connectivity index is 1.89. The highest BCUT2D eigenvalue weighted by Crippen LogP contribution is 2.26. The minimum absolute atomic E-state index is 0.115. The molecule has 7 nitrogen and oxygen atoms in total. The van der Waals surface area contributed by atoms with Crippen molar-refractivity contribution in [2.45, 2.75) is 46.6 Å². The van der Waals surface area contributed by atoms with Gasteiger partial charge in [-0.25, -0.2) is 9.67 Å². The maximum atomic E-state index is 13.0. The predicted molar refractivity (Wildman–Crippen MR) is 116 cm³/mol. The van der Waals surface area contributed by atoms with Crippen LogP contribution in [0.4, 0.5) is 0 Å². The smallest absolute Gasteiger partial charge is 0.305 e. The number of amides is 1. The number of rotatable bonds is 8. The molecule has 1 amide bonds. The standard InChI is InChI=1S/C23H28N4O3/c1-5-30-21(28)7-6-12-24-23(29)18-13-20(17-10-8-16(4)9-11-17)26-22-19(18)14-25-27(22)15(2)3/h8-11,13-15H,5-7,12H2,1-4H3,(H,24,29). The molecular formula is C23H28N4O3. The molecule has 0 aliphatic heterocycles. The normalized spacial score (nSPS) is 11.1. The molecule has 0 radical (unpaired) electrons. The summed E-state index contributed by atoms with van der Waals surface area (Å²) in [5, 5.41) is 8.05. The number of aromatic nitrogens is 3. The van der Waals surface area contributed by atoms with Gasteiger partial charge in [0, 0.05) is 24.6 Å². The first-order chi connectivity index (χ1) is 14.4. The fourth-order valence-electron chi connectivity index (χ4n) is 3.22. The average molecular weight is 409 g/mol. The Bertz CT molecular complexity index is 1040. The van der Waals surface area contributed by atoms with Crippen LogP contribution in [0.2, 0.25) is 0 Å². The summed E-state index contributed by atoms with van der Waals surface area (Å²) in [6, 6.07) is 9.97. The Kier molecular flexibility index (Phi) is 6.82. The van der Waals surface area contributed by atoms with Gasteiger partial charge in [-0.2, -0.15) is 5.10 Å². The zero-order valence-electron chi connectivity index (χ0n) is 17.9. The van der Waals surface area contributed by atoms with E-state index in [1.54, 1.807) is 19.2 Å². The van der Waals surface area contributed by atoms with E-state index in [2.05, 4.69) is 10.4 Å². The maximum absolute atomic E-state index is 13.0. The van der Waals surface area contributed by atoms with E-state index in [0.29, 0.717) is 36.2 Å². The summed E-state index contributed by atoms with van der Waals surface area (Å²) in [5.74, 6) is -0.458. The number of hydrogen-bond acceptors (Lipinski definition) is 5. The highest BCUT2D eigenvalue weighted by atomic mass is 16.5. The van der Waals surface area contributed by atoms with E-state index in [4.69, 9.17) is 9.72 Å². The Morgan fingerprint density at radius 2 is 1.93 bits per heavy atom. The molecule has 0 aliphatic carbocycles. The monoisotopic (exact) mass is 408 g/mol. The third-order valence-electron chi connectivity index (χ3n) is 4.80. The van der Waals surface area contributed by atoms with Crippen LogP contribution >= 0.6 is 0 Å². The van der Waals surface area contributed by atoms with Gasteiger partial charge in [0.05, 0.1) is 29.4 Å². The zero-order chi connectivity index (χ0) is 21.7. The largest absolute Gasteiger partial charge is 0.466 e. The Labute approximate surface area is 176 Å². The number of carbonyl (C=O) groups is 2. The van der Waals surface area contributed by atoms with Crippen LogP contribution in [-0.4, -0.2) is 39.8 Å². The predicted octanol–water partition coefficient (Wildman–Crippen LogP) is 4.06. The summed E-state index contributed by atoms with van der Waals surface area (Å²) in [6.45, 7) is 8.62. The number of nitrogens with one attached hydrogen (secondary N) is 1.